The van der Waals surface area contributed by atoms with Crippen molar-refractivity contribution in [2.45, 2.75) is 26.8 Å². The fourth-order valence-corrected chi connectivity index (χ4v) is 3.35. The molecular weight excluding hydrogens is 380 g/mol. The van der Waals surface area contributed by atoms with E-state index in [1.165, 1.54) is 0 Å². The van der Waals surface area contributed by atoms with Gasteiger partial charge in [0, 0.05) is 30.4 Å². The number of methoxy groups -OCH3 is 2. The number of nitrogens with one attached hydrogen (secondary N) is 2. The summed E-state index contributed by atoms with van der Waals surface area (Å²) in [6.45, 7) is 4.88. The van der Waals surface area contributed by atoms with Crippen LogP contribution < -0.4 is 20.1 Å². The van der Waals surface area contributed by atoms with Gasteiger partial charge in [-0.1, -0.05) is 24.3 Å². The molecule has 0 unspecified atom stereocenters. The number of benzene rings is 2. The molecule has 0 fully saturated rings. The van der Waals surface area contributed by atoms with Crippen LogP contribution in [0.5, 0.6) is 11.5 Å². The first-order valence-corrected chi connectivity index (χ1v) is 9.86. The lowest BCUT2D eigenvalue weighted by molar-refractivity contribution is 0.240. The zero-order chi connectivity index (χ0) is 21.5. The fourth-order valence-electron chi connectivity index (χ4n) is 3.35. The summed E-state index contributed by atoms with van der Waals surface area (Å²) < 4.78 is 12.5. The van der Waals surface area contributed by atoms with Gasteiger partial charge in [0.25, 0.3) is 0 Å². The summed E-state index contributed by atoms with van der Waals surface area (Å²) in [5.41, 5.74) is 4.95. The van der Waals surface area contributed by atoms with Gasteiger partial charge in [0.2, 0.25) is 0 Å². The number of aromatic nitrogens is 2. The number of hydrogen-bond donors (Lipinski definition) is 2. The average Bonchev–Trinajstić information content (AvgIpc) is 3.06. The predicted octanol–water partition coefficient (Wildman–Crippen LogP) is 3.55. The van der Waals surface area contributed by atoms with Gasteiger partial charge >= 0.3 is 6.03 Å². The lowest BCUT2D eigenvalue weighted by Gasteiger charge is -2.12. The van der Waals surface area contributed by atoms with E-state index in [-0.39, 0.29) is 6.03 Å². The third-order valence-electron chi connectivity index (χ3n) is 5.04. The largest absolute Gasteiger partial charge is 0.497 e. The zero-order valence-electron chi connectivity index (χ0n) is 17.9. The molecule has 7 nitrogen and oxygen atoms in total. The number of ether oxygens (including phenoxy) is 2. The molecule has 0 spiro atoms. The summed E-state index contributed by atoms with van der Waals surface area (Å²) >= 11 is 0. The van der Waals surface area contributed by atoms with Crippen LogP contribution in [0.2, 0.25) is 0 Å². The second-order valence-electron chi connectivity index (χ2n) is 6.93. The third-order valence-corrected chi connectivity index (χ3v) is 5.04. The van der Waals surface area contributed by atoms with Crippen molar-refractivity contribution in [3.8, 4) is 17.2 Å². The maximum absolute atomic E-state index is 12.3. The Hall–Kier alpha value is -3.48. The van der Waals surface area contributed by atoms with Crippen LogP contribution in [0.25, 0.3) is 5.69 Å². The smallest absolute Gasteiger partial charge is 0.315 e. The molecule has 158 valence electrons. The van der Waals surface area contributed by atoms with Gasteiger partial charge in [-0.15, -0.1) is 0 Å². The minimum absolute atomic E-state index is 0.214. The second-order valence-corrected chi connectivity index (χ2v) is 6.93. The van der Waals surface area contributed by atoms with Crippen molar-refractivity contribution in [1.29, 1.82) is 0 Å². The monoisotopic (exact) mass is 408 g/mol. The first-order chi connectivity index (χ1) is 14.5. The highest BCUT2D eigenvalue weighted by Crippen LogP contribution is 2.24. The summed E-state index contributed by atoms with van der Waals surface area (Å²) in [4.78, 5) is 12.3. The van der Waals surface area contributed by atoms with Gasteiger partial charge in [-0.2, -0.15) is 5.10 Å². The molecule has 0 radical (unpaired) electrons. The van der Waals surface area contributed by atoms with Crippen molar-refractivity contribution in [2.75, 3.05) is 20.8 Å². The lowest BCUT2D eigenvalue weighted by Crippen LogP contribution is -2.36. The van der Waals surface area contributed by atoms with Crippen LogP contribution in [0.4, 0.5) is 4.79 Å². The van der Waals surface area contributed by atoms with E-state index in [1.54, 1.807) is 14.2 Å². The number of urea groups is 1. The maximum atomic E-state index is 12.3. The van der Waals surface area contributed by atoms with Gasteiger partial charge in [-0.25, -0.2) is 9.48 Å². The van der Waals surface area contributed by atoms with Crippen LogP contribution >= 0.6 is 0 Å². The third kappa shape index (κ3) is 4.92. The van der Waals surface area contributed by atoms with E-state index < -0.39 is 0 Å². The molecular formula is C23H28N4O3. The van der Waals surface area contributed by atoms with Gasteiger partial charge in [0.1, 0.15) is 11.5 Å². The van der Waals surface area contributed by atoms with E-state index in [4.69, 9.17) is 9.47 Å². The Morgan fingerprint density at radius 2 is 1.80 bits per heavy atom. The Labute approximate surface area is 177 Å². The minimum Gasteiger partial charge on any atom is -0.497 e. The number of para-hydroxylation sites is 1. The van der Waals surface area contributed by atoms with Crippen molar-refractivity contribution >= 4 is 6.03 Å². The van der Waals surface area contributed by atoms with Gasteiger partial charge in [-0.3, -0.25) is 0 Å². The summed E-state index contributed by atoms with van der Waals surface area (Å²) in [6, 6.07) is 15.4. The minimum atomic E-state index is -0.214. The molecule has 7 heteroatoms. The summed E-state index contributed by atoms with van der Waals surface area (Å²) in [5, 5.41) is 10.4. The Morgan fingerprint density at radius 3 is 2.50 bits per heavy atom. The molecule has 1 aromatic heterocycles. The van der Waals surface area contributed by atoms with Crippen LogP contribution in [0, 0.1) is 13.8 Å². The lowest BCUT2D eigenvalue weighted by atomic mass is 10.1. The quantitative estimate of drug-likeness (QED) is 0.598. The summed E-state index contributed by atoms with van der Waals surface area (Å²) in [7, 11) is 3.24. The van der Waals surface area contributed by atoms with Crippen molar-refractivity contribution < 1.29 is 14.3 Å². The summed E-state index contributed by atoms with van der Waals surface area (Å²) in [6.07, 6.45) is 0.657. The number of aryl methyl sites for hydroxylation is 1. The predicted molar refractivity (Wildman–Crippen MR) is 117 cm³/mol. The number of nitrogens with zero attached hydrogens (tertiary/aromatic N) is 2. The number of amides is 2. The SMILES string of the molecule is COc1ccc(CCNC(=O)NCc2c(C)nn(-c3ccccc3)c2C)c(OC)c1. The molecule has 2 amide bonds. The Morgan fingerprint density at radius 1 is 1.03 bits per heavy atom. The first kappa shape index (κ1) is 21.2. The van der Waals surface area contributed by atoms with Gasteiger partial charge in [-0.05, 0) is 44.0 Å². The molecule has 2 N–H and O–H groups in total. The number of carbonyl (C=O) groups is 1. The van der Waals surface area contributed by atoms with Crippen LogP contribution in [0.3, 0.4) is 0 Å². The van der Waals surface area contributed by atoms with E-state index in [0.29, 0.717) is 19.5 Å². The van der Waals surface area contributed by atoms with Crippen molar-refractivity contribution in [3.05, 3.63) is 71.0 Å². The average molecular weight is 409 g/mol. The van der Waals surface area contributed by atoms with E-state index in [2.05, 4.69) is 15.7 Å². The molecule has 3 rings (SSSR count). The molecule has 30 heavy (non-hydrogen) atoms. The number of rotatable bonds is 8. The molecule has 0 saturated heterocycles. The van der Waals surface area contributed by atoms with E-state index in [0.717, 1.165) is 39.7 Å². The summed E-state index contributed by atoms with van der Waals surface area (Å²) in [5.74, 6) is 1.49. The molecule has 0 aliphatic carbocycles. The van der Waals surface area contributed by atoms with Crippen LogP contribution in [0.1, 0.15) is 22.5 Å². The number of hydrogen-bond acceptors (Lipinski definition) is 4. The highest BCUT2D eigenvalue weighted by Gasteiger charge is 2.13. The molecule has 3 aromatic rings. The van der Waals surface area contributed by atoms with Crippen LogP contribution in [-0.4, -0.2) is 36.6 Å². The van der Waals surface area contributed by atoms with Crippen molar-refractivity contribution in [3.63, 3.8) is 0 Å². The standard InChI is InChI=1S/C23H28N4O3/c1-16-21(17(2)27(26-16)19-8-6-5-7-9-19)15-25-23(28)24-13-12-18-10-11-20(29-3)14-22(18)30-4/h5-11,14H,12-13,15H2,1-4H3,(H2,24,25,28). The Kier molecular flexibility index (Phi) is 6.95. The zero-order valence-corrected chi connectivity index (χ0v) is 17.9. The molecule has 0 aliphatic heterocycles. The van der Waals surface area contributed by atoms with Gasteiger partial charge in [0.15, 0.2) is 0 Å². The van der Waals surface area contributed by atoms with Gasteiger partial charge in [0.05, 0.1) is 25.6 Å². The first-order valence-electron chi connectivity index (χ1n) is 9.86. The number of carbonyl (C=O) groups excluding carboxylic acids is 1. The maximum Gasteiger partial charge on any atom is 0.315 e. The Bertz CT molecular complexity index is 999. The molecule has 0 bridgehead atoms. The van der Waals surface area contributed by atoms with Gasteiger partial charge < -0.3 is 20.1 Å². The second kappa shape index (κ2) is 9.82. The molecule has 0 aliphatic rings. The van der Waals surface area contributed by atoms with E-state index in [9.17, 15) is 4.79 Å². The van der Waals surface area contributed by atoms with E-state index >= 15 is 0 Å². The topological polar surface area (TPSA) is 77.4 Å². The Balaban J connectivity index is 1.54. The van der Waals surface area contributed by atoms with Crippen molar-refractivity contribution in [2.24, 2.45) is 0 Å². The fraction of sp³-hybridized carbons (Fsp3) is 0.304. The normalized spacial score (nSPS) is 10.5. The molecule has 2 aromatic carbocycles. The van der Waals surface area contributed by atoms with Crippen LogP contribution in [-0.2, 0) is 13.0 Å². The molecule has 0 atom stereocenters. The van der Waals surface area contributed by atoms with Crippen LogP contribution in [0.15, 0.2) is 48.5 Å². The molecule has 1 heterocycles. The molecule has 0 saturated carbocycles. The van der Waals surface area contributed by atoms with E-state index in [1.807, 2.05) is 67.1 Å². The highest BCUT2D eigenvalue weighted by atomic mass is 16.5. The van der Waals surface area contributed by atoms with Crippen molar-refractivity contribution in [1.82, 2.24) is 20.4 Å². The highest BCUT2D eigenvalue weighted by molar-refractivity contribution is 5.73.